The number of imidazole rings is 1. The normalized spacial score (nSPS) is 10.7. The fraction of sp³-hybridized carbons (Fsp3) is 0.308. The van der Waals surface area contributed by atoms with E-state index in [2.05, 4.69) is 22.2 Å². The van der Waals surface area contributed by atoms with Gasteiger partial charge in [0.15, 0.2) is 0 Å². The van der Waals surface area contributed by atoms with E-state index in [9.17, 15) is 0 Å². The number of H-pyrrole nitrogens is 1. The lowest BCUT2D eigenvalue weighted by molar-refractivity contribution is 0.712. The third kappa shape index (κ3) is 3.32. The molecule has 90 valence electrons. The first kappa shape index (κ1) is 12.1. The van der Waals surface area contributed by atoms with Gasteiger partial charge in [-0.25, -0.2) is 4.98 Å². The van der Waals surface area contributed by atoms with Crippen molar-refractivity contribution in [2.75, 3.05) is 6.54 Å². The molecule has 0 atom stereocenters. The molecular formula is C13H16ClN3. The summed E-state index contributed by atoms with van der Waals surface area (Å²) in [5, 5.41) is 4.04. The Morgan fingerprint density at radius 3 is 2.94 bits per heavy atom. The molecule has 1 heterocycles. The molecule has 0 aliphatic rings. The van der Waals surface area contributed by atoms with Crippen molar-refractivity contribution < 1.29 is 0 Å². The molecule has 0 saturated carbocycles. The van der Waals surface area contributed by atoms with E-state index < -0.39 is 0 Å². The Hall–Kier alpha value is -1.32. The van der Waals surface area contributed by atoms with E-state index in [1.54, 1.807) is 0 Å². The lowest BCUT2D eigenvalue weighted by Gasteiger charge is -2.01. The van der Waals surface area contributed by atoms with E-state index in [4.69, 9.17) is 11.6 Å². The molecule has 0 amide bonds. The van der Waals surface area contributed by atoms with E-state index in [1.807, 2.05) is 30.5 Å². The predicted octanol–water partition coefficient (Wildman–Crippen LogP) is 2.76. The summed E-state index contributed by atoms with van der Waals surface area (Å²) in [5.41, 5.74) is 2.20. The van der Waals surface area contributed by atoms with E-state index >= 15 is 0 Å². The standard InChI is InChI=1S/C13H16ClN3/c1-2-15-8-11-9-16-13(17-11)7-10-5-3-4-6-12(10)14/h3-6,9,15H,2,7-8H2,1H3,(H,16,17). The number of rotatable bonds is 5. The van der Waals surface area contributed by atoms with Gasteiger partial charge in [0.2, 0.25) is 0 Å². The van der Waals surface area contributed by atoms with Crippen molar-refractivity contribution in [2.45, 2.75) is 19.9 Å². The van der Waals surface area contributed by atoms with Gasteiger partial charge in [0.25, 0.3) is 0 Å². The van der Waals surface area contributed by atoms with Gasteiger partial charge < -0.3 is 10.3 Å². The highest BCUT2D eigenvalue weighted by Gasteiger charge is 2.04. The Morgan fingerprint density at radius 2 is 2.18 bits per heavy atom. The zero-order chi connectivity index (χ0) is 12.1. The molecule has 0 aliphatic heterocycles. The van der Waals surface area contributed by atoms with Crippen LogP contribution in [0.4, 0.5) is 0 Å². The third-order valence-corrected chi connectivity index (χ3v) is 2.93. The highest BCUT2D eigenvalue weighted by molar-refractivity contribution is 6.31. The zero-order valence-corrected chi connectivity index (χ0v) is 10.6. The number of hydrogen-bond donors (Lipinski definition) is 2. The molecule has 0 fully saturated rings. The smallest absolute Gasteiger partial charge is 0.110 e. The van der Waals surface area contributed by atoms with Crippen molar-refractivity contribution in [3.63, 3.8) is 0 Å². The van der Waals surface area contributed by atoms with Crippen LogP contribution in [0.2, 0.25) is 5.02 Å². The summed E-state index contributed by atoms with van der Waals surface area (Å²) in [6, 6.07) is 7.85. The minimum absolute atomic E-state index is 0.742. The molecule has 4 heteroatoms. The number of aromatic amines is 1. The van der Waals surface area contributed by atoms with Gasteiger partial charge in [-0.1, -0.05) is 36.7 Å². The first-order valence-corrected chi connectivity index (χ1v) is 6.14. The van der Waals surface area contributed by atoms with Gasteiger partial charge in [-0.3, -0.25) is 0 Å². The lowest BCUT2D eigenvalue weighted by atomic mass is 10.1. The van der Waals surface area contributed by atoms with Crippen LogP contribution in [0.3, 0.4) is 0 Å². The summed E-state index contributed by atoms with van der Waals surface area (Å²) < 4.78 is 0. The zero-order valence-electron chi connectivity index (χ0n) is 9.83. The third-order valence-electron chi connectivity index (χ3n) is 2.56. The molecule has 1 aromatic carbocycles. The van der Waals surface area contributed by atoms with Crippen molar-refractivity contribution in [2.24, 2.45) is 0 Å². The van der Waals surface area contributed by atoms with Gasteiger partial charge >= 0.3 is 0 Å². The number of halogens is 1. The van der Waals surface area contributed by atoms with Gasteiger partial charge in [-0.2, -0.15) is 0 Å². The molecule has 2 N–H and O–H groups in total. The Balaban J connectivity index is 2.04. The molecular weight excluding hydrogens is 234 g/mol. The van der Waals surface area contributed by atoms with Crippen LogP contribution in [-0.2, 0) is 13.0 Å². The maximum Gasteiger partial charge on any atom is 0.110 e. The van der Waals surface area contributed by atoms with Crippen LogP contribution in [0.15, 0.2) is 30.5 Å². The molecule has 0 bridgehead atoms. The molecule has 0 spiro atoms. The van der Waals surface area contributed by atoms with Gasteiger partial charge in [-0.15, -0.1) is 0 Å². The maximum absolute atomic E-state index is 6.11. The van der Waals surface area contributed by atoms with Gasteiger partial charge in [-0.05, 0) is 18.2 Å². The van der Waals surface area contributed by atoms with E-state index in [1.165, 1.54) is 0 Å². The molecule has 17 heavy (non-hydrogen) atoms. The minimum Gasteiger partial charge on any atom is -0.345 e. The van der Waals surface area contributed by atoms with Gasteiger partial charge in [0.05, 0.1) is 0 Å². The fourth-order valence-corrected chi connectivity index (χ4v) is 1.87. The second-order valence-electron chi connectivity index (χ2n) is 3.90. The Labute approximate surface area is 106 Å². The van der Waals surface area contributed by atoms with Crippen LogP contribution in [-0.4, -0.2) is 16.5 Å². The molecule has 1 aromatic heterocycles. The highest BCUT2D eigenvalue weighted by Crippen LogP contribution is 2.17. The van der Waals surface area contributed by atoms with Crippen LogP contribution in [0.25, 0.3) is 0 Å². The maximum atomic E-state index is 6.11. The van der Waals surface area contributed by atoms with Crippen LogP contribution in [0.1, 0.15) is 24.0 Å². The minimum atomic E-state index is 0.742. The van der Waals surface area contributed by atoms with Crippen molar-refractivity contribution in [1.82, 2.24) is 15.3 Å². The fourth-order valence-electron chi connectivity index (χ4n) is 1.67. The predicted molar refractivity (Wildman–Crippen MR) is 70.2 cm³/mol. The molecule has 2 rings (SSSR count). The van der Waals surface area contributed by atoms with Crippen molar-refractivity contribution >= 4 is 11.6 Å². The van der Waals surface area contributed by atoms with Gasteiger partial charge in [0.1, 0.15) is 5.82 Å². The number of hydrogen-bond acceptors (Lipinski definition) is 2. The summed E-state index contributed by atoms with van der Waals surface area (Å²) >= 11 is 6.11. The summed E-state index contributed by atoms with van der Waals surface area (Å²) in [4.78, 5) is 7.64. The average Bonchev–Trinajstić information content (AvgIpc) is 2.77. The largest absolute Gasteiger partial charge is 0.345 e. The Bertz CT molecular complexity index is 479. The van der Waals surface area contributed by atoms with Crippen molar-refractivity contribution in [3.8, 4) is 0 Å². The first-order valence-electron chi connectivity index (χ1n) is 5.76. The van der Waals surface area contributed by atoms with Crippen LogP contribution < -0.4 is 5.32 Å². The number of nitrogens with zero attached hydrogens (tertiary/aromatic N) is 1. The van der Waals surface area contributed by atoms with Crippen molar-refractivity contribution in [3.05, 3.63) is 52.6 Å². The Kier molecular flexibility index (Phi) is 4.18. The van der Waals surface area contributed by atoms with Crippen LogP contribution in [0.5, 0.6) is 0 Å². The van der Waals surface area contributed by atoms with E-state index in [0.29, 0.717) is 0 Å². The summed E-state index contributed by atoms with van der Waals surface area (Å²) in [5.74, 6) is 0.950. The Morgan fingerprint density at radius 1 is 1.35 bits per heavy atom. The van der Waals surface area contributed by atoms with Crippen LogP contribution >= 0.6 is 11.6 Å². The molecule has 2 aromatic rings. The second-order valence-corrected chi connectivity index (χ2v) is 4.31. The van der Waals surface area contributed by atoms with E-state index in [0.717, 1.165) is 41.6 Å². The quantitative estimate of drug-likeness (QED) is 0.856. The molecule has 0 unspecified atom stereocenters. The second kappa shape index (κ2) is 5.84. The molecule has 0 aliphatic carbocycles. The average molecular weight is 250 g/mol. The van der Waals surface area contributed by atoms with Crippen LogP contribution in [0, 0.1) is 0 Å². The summed E-state index contributed by atoms with van der Waals surface area (Å²) in [6.07, 6.45) is 2.61. The highest BCUT2D eigenvalue weighted by atomic mass is 35.5. The number of benzene rings is 1. The van der Waals surface area contributed by atoms with Gasteiger partial charge in [0, 0.05) is 29.9 Å². The number of nitrogens with one attached hydrogen (secondary N) is 2. The SMILES string of the molecule is CCNCc1cnc(Cc2ccccc2Cl)[nH]1. The monoisotopic (exact) mass is 249 g/mol. The summed E-state index contributed by atoms with van der Waals surface area (Å²) in [7, 11) is 0. The molecule has 0 saturated heterocycles. The summed E-state index contributed by atoms with van der Waals surface area (Å²) in [6.45, 7) is 3.87. The topological polar surface area (TPSA) is 40.7 Å². The number of aromatic nitrogens is 2. The van der Waals surface area contributed by atoms with Crippen molar-refractivity contribution in [1.29, 1.82) is 0 Å². The van der Waals surface area contributed by atoms with E-state index in [-0.39, 0.29) is 0 Å². The lowest BCUT2D eigenvalue weighted by Crippen LogP contribution is -2.11. The first-order chi connectivity index (χ1) is 8.29. The molecule has 0 radical (unpaired) electrons. The molecule has 3 nitrogen and oxygen atoms in total.